The maximum Gasteiger partial charge on any atom is 0.356 e. The largest absolute Gasteiger partial charge is 0.476 e. The Kier molecular flexibility index (Phi) is 3.82. The van der Waals surface area contributed by atoms with Crippen molar-refractivity contribution in [2.24, 2.45) is 5.73 Å². The molecule has 80 valence electrons. The first kappa shape index (κ1) is 11.2. The molecule has 1 aromatic rings. The van der Waals surface area contributed by atoms with Crippen molar-refractivity contribution >= 4 is 17.7 Å². The van der Waals surface area contributed by atoms with E-state index in [1.807, 2.05) is 12.2 Å². The number of anilines is 1. The smallest absolute Gasteiger partial charge is 0.356 e. The summed E-state index contributed by atoms with van der Waals surface area (Å²) < 4.78 is 0. The molecule has 5 N–H and O–H groups in total. The molecule has 0 aliphatic rings. The van der Waals surface area contributed by atoms with Gasteiger partial charge in [-0.25, -0.2) is 9.78 Å². The molecule has 0 radical (unpaired) electrons. The van der Waals surface area contributed by atoms with E-state index in [1.54, 1.807) is 6.07 Å². The lowest BCUT2D eigenvalue weighted by Gasteiger charge is -2.00. The Labute approximate surface area is 87.4 Å². The van der Waals surface area contributed by atoms with Crippen molar-refractivity contribution < 1.29 is 9.90 Å². The van der Waals surface area contributed by atoms with Crippen molar-refractivity contribution in [3.8, 4) is 0 Å². The lowest BCUT2D eigenvalue weighted by atomic mass is 10.2. The second-order valence-electron chi connectivity index (χ2n) is 2.99. The number of pyridine rings is 1. The third kappa shape index (κ3) is 3.07. The van der Waals surface area contributed by atoms with Crippen LogP contribution in [0.25, 0.3) is 6.08 Å². The van der Waals surface area contributed by atoms with Gasteiger partial charge in [-0.3, -0.25) is 0 Å². The number of hydrogen-bond acceptors (Lipinski definition) is 4. The minimum absolute atomic E-state index is 0.119. The lowest BCUT2D eigenvalue weighted by Crippen LogP contribution is -2.05. The van der Waals surface area contributed by atoms with Crippen LogP contribution in [0.15, 0.2) is 18.3 Å². The van der Waals surface area contributed by atoms with Gasteiger partial charge in [-0.05, 0) is 24.6 Å². The zero-order valence-corrected chi connectivity index (χ0v) is 8.18. The molecule has 0 saturated heterocycles. The van der Waals surface area contributed by atoms with Gasteiger partial charge in [0.25, 0.3) is 0 Å². The van der Waals surface area contributed by atoms with Crippen molar-refractivity contribution in [2.75, 3.05) is 12.3 Å². The summed E-state index contributed by atoms with van der Waals surface area (Å²) in [6.07, 6.45) is 5.92. The molecule has 0 bridgehead atoms. The Morgan fingerprint density at radius 3 is 2.87 bits per heavy atom. The Morgan fingerprint density at radius 2 is 2.33 bits per heavy atom. The summed E-state index contributed by atoms with van der Waals surface area (Å²) in [5.41, 5.74) is 11.7. The Balaban J connectivity index is 2.87. The van der Waals surface area contributed by atoms with Crippen molar-refractivity contribution in [3.05, 3.63) is 29.6 Å². The van der Waals surface area contributed by atoms with Gasteiger partial charge in [-0.1, -0.05) is 12.2 Å². The fourth-order valence-electron chi connectivity index (χ4n) is 1.08. The number of nitrogens with two attached hydrogens (primary N) is 2. The number of hydrogen-bond donors (Lipinski definition) is 3. The fourth-order valence-corrected chi connectivity index (χ4v) is 1.08. The molecule has 15 heavy (non-hydrogen) atoms. The van der Waals surface area contributed by atoms with Gasteiger partial charge in [0.15, 0.2) is 5.69 Å². The highest BCUT2D eigenvalue weighted by atomic mass is 16.4. The van der Waals surface area contributed by atoms with Gasteiger partial charge >= 0.3 is 5.97 Å². The van der Waals surface area contributed by atoms with E-state index in [4.69, 9.17) is 16.6 Å². The van der Waals surface area contributed by atoms with E-state index in [0.29, 0.717) is 6.54 Å². The third-order valence-electron chi connectivity index (χ3n) is 1.78. The van der Waals surface area contributed by atoms with Gasteiger partial charge < -0.3 is 16.6 Å². The summed E-state index contributed by atoms with van der Waals surface area (Å²) in [6.45, 7) is 0.576. The minimum atomic E-state index is -1.12. The van der Waals surface area contributed by atoms with Crippen molar-refractivity contribution in [2.45, 2.75) is 6.42 Å². The first-order valence-corrected chi connectivity index (χ1v) is 4.50. The SMILES string of the molecule is NCCC=Cc1cnc(C(=O)O)c(N)c1. The molecule has 0 aromatic carbocycles. The predicted molar refractivity (Wildman–Crippen MR) is 58.3 cm³/mol. The van der Waals surface area contributed by atoms with Crippen LogP contribution in [-0.4, -0.2) is 22.6 Å². The topological polar surface area (TPSA) is 102 Å². The minimum Gasteiger partial charge on any atom is -0.476 e. The average molecular weight is 207 g/mol. The van der Waals surface area contributed by atoms with Crippen LogP contribution in [0.1, 0.15) is 22.5 Å². The number of carbonyl (C=O) groups is 1. The average Bonchev–Trinajstić information content (AvgIpc) is 2.17. The van der Waals surface area contributed by atoms with Gasteiger partial charge in [0.1, 0.15) is 0 Å². The summed E-state index contributed by atoms with van der Waals surface area (Å²) in [5, 5.41) is 8.69. The number of rotatable bonds is 4. The van der Waals surface area contributed by atoms with Gasteiger partial charge in [0.05, 0.1) is 5.69 Å². The highest BCUT2D eigenvalue weighted by Crippen LogP contribution is 2.12. The number of aromatic nitrogens is 1. The molecule has 0 unspecified atom stereocenters. The van der Waals surface area contributed by atoms with Crippen LogP contribution in [0.3, 0.4) is 0 Å². The first-order valence-electron chi connectivity index (χ1n) is 4.50. The molecule has 0 saturated carbocycles. The number of aromatic carboxylic acids is 1. The molecule has 5 nitrogen and oxygen atoms in total. The Hall–Kier alpha value is -1.88. The number of carboxylic acids is 1. The highest BCUT2D eigenvalue weighted by Gasteiger charge is 2.08. The lowest BCUT2D eigenvalue weighted by molar-refractivity contribution is 0.0692. The van der Waals surface area contributed by atoms with Crippen LogP contribution in [0.4, 0.5) is 5.69 Å². The standard InChI is InChI=1S/C10H13N3O2/c11-4-2-1-3-7-5-8(12)9(10(14)15)13-6-7/h1,3,5-6H,2,4,11-12H2,(H,14,15). The van der Waals surface area contributed by atoms with Crippen molar-refractivity contribution in [1.29, 1.82) is 0 Å². The molecule has 1 aromatic heterocycles. The van der Waals surface area contributed by atoms with Crippen LogP contribution >= 0.6 is 0 Å². The zero-order valence-electron chi connectivity index (χ0n) is 8.18. The van der Waals surface area contributed by atoms with E-state index in [9.17, 15) is 4.79 Å². The predicted octanol–water partition coefficient (Wildman–Crippen LogP) is 0.724. The second kappa shape index (κ2) is 5.11. The maximum atomic E-state index is 10.6. The molecule has 0 atom stereocenters. The van der Waals surface area contributed by atoms with E-state index >= 15 is 0 Å². The van der Waals surface area contributed by atoms with E-state index in [2.05, 4.69) is 4.98 Å². The maximum absolute atomic E-state index is 10.6. The molecule has 0 aliphatic heterocycles. The molecular formula is C10H13N3O2. The summed E-state index contributed by atoms with van der Waals surface area (Å²) in [6, 6.07) is 1.57. The van der Waals surface area contributed by atoms with Crippen LogP contribution in [0, 0.1) is 0 Å². The highest BCUT2D eigenvalue weighted by molar-refractivity contribution is 5.91. The van der Waals surface area contributed by atoms with Gasteiger partial charge in [0.2, 0.25) is 0 Å². The molecule has 0 aliphatic carbocycles. The van der Waals surface area contributed by atoms with Crippen LogP contribution in [0.2, 0.25) is 0 Å². The summed E-state index contributed by atoms with van der Waals surface area (Å²) >= 11 is 0. The van der Waals surface area contributed by atoms with Crippen LogP contribution in [-0.2, 0) is 0 Å². The quantitative estimate of drug-likeness (QED) is 0.675. The molecule has 0 amide bonds. The van der Waals surface area contributed by atoms with E-state index in [0.717, 1.165) is 12.0 Å². The molecule has 0 spiro atoms. The third-order valence-corrected chi connectivity index (χ3v) is 1.78. The second-order valence-corrected chi connectivity index (χ2v) is 2.99. The Morgan fingerprint density at radius 1 is 1.60 bits per heavy atom. The van der Waals surface area contributed by atoms with E-state index in [1.165, 1.54) is 6.20 Å². The summed E-state index contributed by atoms with van der Waals surface area (Å²) in [4.78, 5) is 14.4. The van der Waals surface area contributed by atoms with Crippen LogP contribution < -0.4 is 11.5 Å². The van der Waals surface area contributed by atoms with Crippen molar-refractivity contribution in [1.82, 2.24) is 4.98 Å². The summed E-state index contributed by atoms with van der Waals surface area (Å²) in [7, 11) is 0. The van der Waals surface area contributed by atoms with Gasteiger partial charge in [-0.2, -0.15) is 0 Å². The monoisotopic (exact) mass is 207 g/mol. The number of carboxylic acid groups (broad SMARTS) is 1. The molecule has 0 fully saturated rings. The van der Waals surface area contributed by atoms with E-state index < -0.39 is 5.97 Å². The van der Waals surface area contributed by atoms with Crippen LogP contribution in [0.5, 0.6) is 0 Å². The first-order chi connectivity index (χ1) is 7.15. The zero-order chi connectivity index (χ0) is 11.3. The molecular weight excluding hydrogens is 194 g/mol. The fraction of sp³-hybridized carbons (Fsp3) is 0.200. The molecule has 1 rings (SSSR count). The number of nitrogen functional groups attached to an aromatic ring is 1. The Bertz CT molecular complexity index is 388. The van der Waals surface area contributed by atoms with Crippen molar-refractivity contribution in [3.63, 3.8) is 0 Å². The summed E-state index contributed by atoms with van der Waals surface area (Å²) in [5.74, 6) is -1.12. The molecule has 5 heteroatoms. The van der Waals surface area contributed by atoms with Gasteiger partial charge in [-0.15, -0.1) is 0 Å². The molecule has 1 heterocycles. The van der Waals surface area contributed by atoms with E-state index in [-0.39, 0.29) is 11.4 Å². The number of nitrogens with zero attached hydrogens (tertiary/aromatic N) is 1. The normalized spacial score (nSPS) is 10.7. The van der Waals surface area contributed by atoms with Gasteiger partial charge in [0, 0.05) is 6.20 Å².